The smallest absolute Gasteiger partial charge is 0.227 e. The number of carbonyl (C=O) groups excluding carboxylic acids is 1. The van der Waals surface area contributed by atoms with Gasteiger partial charge in [-0.25, -0.2) is 0 Å². The number of carbonyl (C=O) groups is 1. The maximum atomic E-state index is 12.1. The fourth-order valence-electron chi connectivity index (χ4n) is 3.33. The molecule has 0 radical (unpaired) electrons. The van der Waals surface area contributed by atoms with Gasteiger partial charge in [0.25, 0.3) is 0 Å². The van der Waals surface area contributed by atoms with Gasteiger partial charge in [0.15, 0.2) is 0 Å². The fraction of sp³-hybridized carbons (Fsp3) is 0.562. The largest absolute Gasteiger partial charge is 0.389 e. The summed E-state index contributed by atoms with van der Waals surface area (Å²) in [5.74, 6) is -0.0880. The lowest BCUT2D eigenvalue weighted by atomic mass is 9.97. The van der Waals surface area contributed by atoms with Crippen LogP contribution in [0.4, 0.5) is 11.4 Å². The lowest BCUT2D eigenvalue weighted by molar-refractivity contribution is -0.120. The molecule has 0 saturated heterocycles. The van der Waals surface area contributed by atoms with Gasteiger partial charge >= 0.3 is 0 Å². The second-order valence-corrected chi connectivity index (χ2v) is 6.17. The summed E-state index contributed by atoms with van der Waals surface area (Å²) in [6, 6.07) is 6.06. The molecule has 3 rings (SSSR count). The van der Waals surface area contributed by atoms with Gasteiger partial charge in [0.05, 0.1) is 12.0 Å². The Morgan fingerprint density at radius 3 is 2.90 bits per heavy atom. The standard InChI is InChI=1S/C16H22N2O2/c1-18-9-6-12-4-5-13(10-14(12)18)17-15(19)11-16(20)7-2-3-8-16/h4-5,10,20H,2-3,6-9,11H2,1H3,(H,17,19). The van der Waals surface area contributed by atoms with Gasteiger partial charge in [-0.15, -0.1) is 0 Å². The molecule has 1 aromatic carbocycles. The third-order valence-corrected chi connectivity index (χ3v) is 4.52. The zero-order chi connectivity index (χ0) is 14.2. The summed E-state index contributed by atoms with van der Waals surface area (Å²) in [7, 11) is 2.07. The number of nitrogens with zero attached hydrogens (tertiary/aromatic N) is 1. The Balaban J connectivity index is 1.66. The minimum atomic E-state index is -0.780. The van der Waals surface area contributed by atoms with Crippen molar-refractivity contribution in [3.05, 3.63) is 23.8 Å². The molecule has 1 fully saturated rings. The first-order valence-corrected chi connectivity index (χ1v) is 7.42. The summed E-state index contributed by atoms with van der Waals surface area (Å²) in [4.78, 5) is 14.3. The van der Waals surface area contributed by atoms with Gasteiger partial charge in [-0.2, -0.15) is 0 Å². The Kier molecular flexibility index (Phi) is 3.42. The third kappa shape index (κ3) is 2.66. The van der Waals surface area contributed by atoms with Gasteiger partial charge in [-0.3, -0.25) is 4.79 Å². The molecule has 4 heteroatoms. The Bertz CT molecular complexity index is 521. The molecule has 0 unspecified atom stereocenters. The van der Waals surface area contributed by atoms with Crippen LogP contribution in [-0.4, -0.2) is 30.2 Å². The van der Waals surface area contributed by atoms with Crippen molar-refractivity contribution in [1.29, 1.82) is 0 Å². The van der Waals surface area contributed by atoms with Gasteiger partial charge in [-0.1, -0.05) is 18.9 Å². The summed E-state index contributed by atoms with van der Waals surface area (Å²) < 4.78 is 0. The van der Waals surface area contributed by atoms with Gasteiger partial charge in [-0.05, 0) is 37.0 Å². The van der Waals surface area contributed by atoms with Crippen molar-refractivity contribution in [2.75, 3.05) is 23.8 Å². The molecule has 1 amide bonds. The number of likely N-dealkylation sites (N-methyl/N-ethyl adjacent to an activating group) is 1. The van der Waals surface area contributed by atoms with Crippen LogP contribution < -0.4 is 10.2 Å². The molecule has 0 bridgehead atoms. The van der Waals surface area contributed by atoms with Crippen LogP contribution in [-0.2, 0) is 11.2 Å². The molecule has 1 aromatic rings. The SMILES string of the molecule is CN1CCc2ccc(NC(=O)CC3(O)CCCC3)cc21. The van der Waals surface area contributed by atoms with E-state index in [1.807, 2.05) is 12.1 Å². The van der Waals surface area contributed by atoms with Crippen LogP contribution in [0.5, 0.6) is 0 Å². The normalized spacial score (nSPS) is 20.0. The van der Waals surface area contributed by atoms with Crippen molar-refractivity contribution in [3.63, 3.8) is 0 Å². The lowest BCUT2D eigenvalue weighted by Gasteiger charge is -2.21. The zero-order valence-corrected chi connectivity index (χ0v) is 12.0. The van der Waals surface area contributed by atoms with Crippen LogP contribution in [0.15, 0.2) is 18.2 Å². The molecule has 2 aliphatic rings. The topological polar surface area (TPSA) is 52.6 Å². The first kappa shape index (κ1) is 13.4. The Labute approximate surface area is 119 Å². The number of fused-ring (bicyclic) bond motifs is 1. The van der Waals surface area contributed by atoms with Crippen molar-refractivity contribution in [2.45, 2.75) is 44.1 Å². The molecule has 2 N–H and O–H groups in total. The number of hydrogen-bond donors (Lipinski definition) is 2. The van der Waals surface area contributed by atoms with Gasteiger partial charge < -0.3 is 15.3 Å². The van der Waals surface area contributed by atoms with E-state index in [0.29, 0.717) is 0 Å². The van der Waals surface area contributed by atoms with E-state index in [1.165, 1.54) is 11.3 Å². The molecule has 0 spiro atoms. The monoisotopic (exact) mass is 274 g/mol. The summed E-state index contributed by atoms with van der Waals surface area (Å²) in [5, 5.41) is 13.2. The maximum absolute atomic E-state index is 12.1. The van der Waals surface area contributed by atoms with Crippen LogP contribution in [0.1, 0.15) is 37.7 Å². The second kappa shape index (κ2) is 5.09. The van der Waals surface area contributed by atoms with Crippen molar-refractivity contribution in [1.82, 2.24) is 0 Å². The number of hydrogen-bond acceptors (Lipinski definition) is 3. The molecule has 20 heavy (non-hydrogen) atoms. The van der Waals surface area contributed by atoms with E-state index in [9.17, 15) is 9.90 Å². The lowest BCUT2D eigenvalue weighted by Crippen LogP contribution is -2.30. The number of amides is 1. The van der Waals surface area contributed by atoms with E-state index in [-0.39, 0.29) is 12.3 Å². The molecule has 1 aliphatic carbocycles. The number of rotatable bonds is 3. The number of nitrogens with one attached hydrogen (secondary N) is 1. The van der Waals surface area contributed by atoms with Crippen molar-refractivity contribution in [3.8, 4) is 0 Å². The zero-order valence-electron chi connectivity index (χ0n) is 12.0. The molecule has 1 saturated carbocycles. The predicted octanol–water partition coefficient (Wildman–Crippen LogP) is 2.31. The quantitative estimate of drug-likeness (QED) is 0.889. The van der Waals surface area contributed by atoms with Crippen molar-refractivity contribution in [2.24, 2.45) is 0 Å². The summed E-state index contributed by atoms with van der Waals surface area (Å²) in [6.45, 7) is 1.03. The molecule has 4 nitrogen and oxygen atoms in total. The van der Waals surface area contributed by atoms with E-state index < -0.39 is 5.60 Å². The van der Waals surface area contributed by atoms with Crippen LogP contribution in [0.25, 0.3) is 0 Å². The average molecular weight is 274 g/mol. The Hall–Kier alpha value is -1.55. The highest BCUT2D eigenvalue weighted by Gasteiger charge is 2.33. The predicted molar refractivity (Wildman–Crippen MR) is 80.1 cm³/mol. The summed E-state index contributed by atoms with van der Waals surface area (Å²) in [6.07, 6.45) is 4.81. The van der Waals surface area contributed by atoms with Crippen LogP contribution in [0, 0.1) is 0 Å². The molecule has 0 atom stereocenters. The second-order valence-electron chi connectivity index (χ2n) is 6.17. The third-order valence-electron chi connectivity index (χ3n) is 4.52. The van der Waals surface area contributed by atoms with E-state index in [1.54, 1.807) is 0 Å². The van der Waals surface area contributed by atoms with E-state index >= 15 is 0 Å². The number of aliphatic hydroxyl groups is 1. The summed E-state index contributed by atoms with van der Waals surface area (Å²) >= 11 is 0. The molecule has 0 aromatic heterocycles. The highest BCUT2D eigenvalue weighted by atomic mass is 16.3. The highest BCUT2D eigenvalue weighted by Crippen LogP contribution is 2.33. The first-order chi connectivity index (χ1) is 9.56. The molecular formula is C16H22N2O2. The first-order valence-electron chi connectivity index (χ1n) is 7.42. The minimum Gasteiger partial charge on any atom is -0.389 e. The van der Waals surface area contributed by atoms with Gasteiger partial charge in [0, 0.05) is 25.0 Å². The molecule has 108 valence electrons. The summed E-state index contributed by atoms with van der Waals surface area (Å²) in [5.41, 5.74) is 2.57. The Morgan fingerprint density at radius 1 is 1.40 bits per heavy atom. The van der Waals surface area contributed by atoms with Gasteiger partial charge in [0.1, 0.15) is 0 Å². The Morgan fingerprint density at radius 2 is 2.15 bits per heavy atom. The number of anilines is 2. The number of benzene rings is 1. The van der Waals surface area contributed by atoms with E-state index in [4.69, 9.17) is 0 Å². The molecule has 1 aliphatic heterocycles. The highest BCUT2D eigenvalue weighted by molar-refractivity contribution is 5.92. The van der Waals surface area contributed by atoms with E-state index in [2.05, 4.69) is 23.3 Å². The molecular weight excluding hydrogens is 252 g/mol. The van der Waals surface area contributed by atoms with Crippen molar-refractivity contribution >= 4 is 17.3 Å². The molecule has 1 heterocycles. The maximum Gasteiger partial charge on any atom is 0.227 e. The van der Waals surface area contributed by atoms with Crippen LogP contribution in [0.3, 0.4) is 0 Å². The minimum absolute atomic E-state index is 0.0880. The van der Waals surface area contributed by atoms with Crippen LogP contribution >= 0.6 is 0 Å². The van der Waals surface area contributed by atoms with Gasteiger partial charge in [0.2, 0.25) is 5.91 Å². The van der Waals surface area contributed by atoms with Crippen LogP contribution in [0.2, 0.25) is 0 Å². The fourth-order valence-corrected chi connectivity index (χ4v) is 3.33. The van der Waals surface area contributed by atoms with E-state index in [0.717, 1.165) is 44.3 Å². The average Bonchev–Trinajstić information content (AvgIpc) is 2.97. The van der Waals surface area contributed by atoms with Crippen molar-refractivity contribution < 1.29 is 9.90 Å².